The molecule has 24 heavy (non-hydrogen) atoms. The lowest BCUT2D eigenvalue weighted by Gasteiger charge is -2.08. The van der Waals surface area contributed by atoms with E-state index in [1.807, 2.05) is 24.3 Å². The van der Waals surface area contributed by atoms with Crippen LogP contribution in [0.5, 0.6) is 0 Å². The molecule has 3 rings (SSSR count). The minimum atomic E-state index is -0.0449. The van der Waals surface area contributed by atoms with Gasteiger partial charge in [-0.05, 0) is 56.0 Å². The first-order valence-corrected chi connectivity index (χ1v) is 9.04. The van der Waals surface area contributed by atoms with Gasteiger partial charge in [0, 0.05) is 19.5 Å². The summed E-state index contributed by atoms with van der Waals surface area (Å²) in [5.74, 6) is 0.859. The van der Waals surface area contributed by atoms with Crippen molar-refractivity contribution in [3.05, 3.63) is 39.4 Å². The van der Waals surface area contributed by atoms with E-state index in [4.69, 9.17) is 12.2 Å². The van der Waals surface area contributed by atoms with Crippen molar-refractivity contribution >= 4 is 29.0 Å². The lowest BCUT2D eigenvalue weighted by molar-refractivity contribution is -0.121. The third kappa shape index (κ3) is 4.32. The molecule has 5 nitrogen and oxygen atoms in total. The molecule has 1 amide bonds. The number of nitrogens with one attached hydrogen (secondary N) is 2. The van der Waals surface area contributed by atoms with Crippen molar-refractivity contribution in [2.75, 3.05) is 6.54 Å². The van der Waals surface area contributed by atoms with E-state index in [0.29, 0.717) is 23.1 Å². The van der Waals surface area contributed by atoms with Crippen LogP contribution < -0.4 is 10.9 Å². The van der Waals surface area contributed by atoms with Gasteiger partial charge in [-0.3, -0.25) is 14.2 Å². The predicted molar refractivity (Wildman–Crippen MR) is 97.6 cm³/mol. The average Bonchev–Trinajstić information content (AvgIpc) is 3.39. The second kappa shape index (κ2) is 7.75. The van der Waals surface area contributed by atoms with Crippen LogP contribution in [0.25, 0.3) is 10.9 Å². The van der Waals surface area contributed by atoms with Crippen LogP contribution in [0.15, 0.2) is 29.1 Å². The largest absolute Gasteiger partial charge is 0.356 e. The summed E-state index contributed by atoms with van der Waals surface area (Å²) in [4.78, 5) is 27.3. The molecule has 0 saturated heterocycles. The number of rotatable bonds is 8. The number of H-pyrrole nitrogens is 1. The number of benzene rings is 1. The predicted octanol–water partition coefficient (Wildman–Crippen LogP) is 3.15. The van der Waals surface area contributed by atoms with Crippen LogP contribution in [0.3, 0.4) is 0 Å². The number of aromatic nitrogens is 2. The number of para-hydroxylation sites is 1. The first kappa shape index (κ1) is 16.9. The molecule has 2 aromatic rings. The summed E-state index contributed by atoms with van der Waals surface area (Å²) in [5, 5.41) is 3.63. The zero-order chi connectivity index (χ0) is 16.9. The number of amides is 1. The molecule has 0 radical (unpaired) electrons. The topological polar surface area (TPSA) is 66.9 Å². The standard InChI is InChI=1S/C18H23N3O2S/c22-16(19-12-13-9-10-13)8-2-1-5-11-21-17(23)14-6-3-4-7-15(14)20-18(21)24/h3-4,6-7,13H,1-2,5,8-12H2,(H,19,22)(H,20,24). The van der Waals surface area contributed by atoms with Crippen molar-refractivity contribution in [3.8, 4) is 0 Å². The normalized spacial score (nSPS) is 14.0. The Hall–Kier alpha value is -1.95. The number of nitrogens with zero attached hydrogens (tertiary/aromatic N) is 1. The Kier molecular flexibility index (Phi) is 5.45. The number of hydrogen-bond acceptors (Lipinski definition) is 3. The van der Waals surface area contributed by atoms with Crippen LogP contribution in [0, 0.1) is 10.7 Å². The Morgan fingerprint density at radius 1 is 1.25 bits per heavy atom. The number of unbranched alkanes of at least 4 members (excludes halogenated alkanes) is 2. The van der Waals surface area contributed by atoms with E-state index in [0.717, 1.165) is 37.2 Å². The van der Waals surface area contributed by atoms with Crippen LogP contribution in [-0.4, -0.2) is 22.0 Å². The van der Waals surface area contributed by atoms with E-state index in [2.05, 4.69) is 10.3 Å². The van der Waals surface area contributed by atoms with Crippen molar-refractivity contribution in [1.29, 1.82) is 0 Å². The molecule has 2 N–H and O–H groups in total. The summed E-state index contributed by atoms with van der Waals surface area (Å²) >= 11 is 5.29. The highest BCUT2D eigenvalue weighted by molar-refractivity contribution is 7.71. The highest BCUT2D eigenvalue weighted by Gasteiger charge is 2.21. The highest BCUT2D eigenvalue weighted by Crippen LogP contribution is 2.27. The minimum Gasteiger partial charge on any atom is -0.356 e. The maximum atomic E-state index is 12.5. The van der Waals surface area contributed by atoms with Gasteiger partial charge in [-0.2, -0.15) is 0 Å². The zero-order valence-electron chi connectivity index (χ0n) is 13.7. The molecular weight excluding hydrogens is 322 g/mol. The molecule has 0 aliphatic heterocycles. The molecule has 1 aromatic heterocycles. The van der Waals surface area contributed by atoms with Crippen molar-refractivity contribution in [3.63, 3.8) is 0 Å². The zero-order valence-corrected chi connectivity index (χ0v) is 14.5. The van der Waals surface area contributed by atoms with Crippen molar-refractivity contribution in [1.82, 2.24) is 14.9 Å². The lowest BCUT2D eigenvalue weighted by Crippen LogP contribution is -2.25. The Morgan fingerprint density at radius 2 is 2.04 bits per heavy atom. The summed E-state index contributed by atoms with van der Waals surface area (Å²) in [6, 6.07) is 7.40. The molecule has 1 heterocycles. The lowest BCUT2D eigenvalue weighted by atomic mass is 10.2. The van der Waals surface area contributed by atoms with Crippen LogP contribution in [-0.2, 0) is 11.3 Å². The van der Waals surface area contributed by atoms with Gasteiger partial charge in [0.05, 0.1) is 10.9 Å². The van der Waals surface area contributed by atoms with Gasteiger partial charge in [-0.1, -0.05) is 18.6 Å². The van der Waals surface area contributed by atoms with Crippen LogP contribution >= 0.6 is 12.2 Å². The van der Waals surface area contributed by atoms with Crippen molar-refractivity contribution in [2.24, 2.45) is 5.92 Å². The van der Waals surface area contributed by atoms with E-state index in [1.54, 1.807) is 4.57 Å². The number of carbonyl (C=O) groups is 1. The SMILES string of the molecule is O=C(CCCCCn1c(=S)[nH]c2ccccc2c1=O)NCC1CC1. The van der Waals surface area contributed by atoms with Gasteiger partial charge in [0.1, 0.15) is 0 Å². The van der Waals surface area contributed by atoms with Gasteiger partial charge in [0.15, 0.2) is 4.77 Å². The Labute approximate surface area is 146 Å². The molecule has 0 unspecified atom stereocenters. The molecule has 0 atom stereocenters. The van der Waals surface area contributed by atoms with E-state index in [1.165, 1.54) is 12.8 Å². The average molecular weight is 345 g/mol. The highest BCUT2D eigenvalue weighted by atomic mass is 32.1. The van der Waals surface area contributed by atoms with E-state index < -0.39 is 0 Å². The number of fused-ring (bicyclic) bond motifs is 1. The molecule has 128 valence electrons. The van der Waals surface area contributed by atoms with Crippen LogP contribution in [0.1, 0.15) is 38.5 Å². The number of carbonyl (C=O) groups excluding carboxylic acids is 1. The van der Waals surface area contributed by atoms with Gasteiger partial charge in [0.25, 0.3) is 5.56 Å². The summed E-state index contributed by atoms with van der Waals surface area (Å²) < 4.78 is 2.08. The number of aromatic amines is 1. The molecule has 1 saturated carbocycles. The maximum absolute atomic E-state index is 12.5. The molecule has 1 aliphatic carbocycles. The first-order chi connectivity index (χ1) is 11.6. The van der Waals surface area contributed by atoms with Crippen molar-refractivity contribution in [2.45, 2.75) is 45.1 Å². The molecular formula is C18H23N3O2S. The van der Waals surface area contributed by atoms with Gasteiger partial charge in [-0.15, -0.1) is 0 Å². The summed E-state index contributed by atoms with van der Waals surface area (Å²) in [6.07, 6.45) is 5.65. The summed E-state index contributed by atoms with van der Waals surface area (Å²) in [5.41, 5.74) is 0.729. The fourth-order valence-corrected chi connectivity index (χ4v) is 3.09. The second-order valence-electron chi connectivity index (χ2n) is 6.49. The van der Waals surface area contributed by atoms with E-state index >= 15 is 0 Å². The van der Waals surface area contributed by atoms with Gasteiger partial charge >= 0.3 is 0 Å². The van der Waals surface area contributed by atoms with E-state index in [9.17, 15) is 9.59 Å². The molecule has 1 aliphatic rings. The van der Waals surface area contributed by atoms with E-state index in [-0.39, 0.29) is 11.5 Å². The Balaban J connectivity index is 1.48. The molecule has 0 spiro atoms. The van der Waals surface area contributed by atoms with Crippen LogP contribution in [0.4, 0.5) is 0 Å². The fourth-order valence-electron chi connectivity index (χ4n) is 2.80. The summed E-state index contributed by atoms with van der Waals surface area (Å²) in [6.45, 7) is 1.42. The fraction of sp³-hybridized carbons (Fsp3) is 0.500. The number of hydrogen-bond donors (Lipinski definition) is 2. The molecule has 6 heteroatoms. The molecule has 0 bridgehead atoms. The third-order valence-corrected chi connectivity index (χ3v) is 4.78. The Bertz CT molecular complexity index is 836. The quantitative estimate of drug-likeness (QED) is 0.570. The second-order valence-corrected chi connectivity index (χ2v) is 6.88. The minimum absolute atomic E-state index is 0.0449. The summed E-state index contributed by atoms with van der Waals surface area (Å²) in [7, 11) is 0. The van der Waals surface area contributed by atoms with Gasteiger partial charge < -0.3 is 10.3 Å². The van der Waals surface area contributed by atoms with Crippen molar-refractivity contribution < 1.29 is 4.79 Å². The van der Waals surface area contributed by atoms with Gasteiger partial charge in [-0.25, -0.2) is 0 Å². The first-order valence-electron chi connectivity index (χ1n) is 8.64. The third-order valence-electron chi connectivity index (χ3n) is 4.46. The molecule has 1 aromatic carbocycles. The molecule has 1 fully saturated rings. The monoisotopic (exact) mass is 345 g/mol. The maximum Gasteiger partial charge on any atom is 0.262 e. The Morgan fingerprint density at radius 3 is 2.83 bits per heavy atom. The van der Waals surface area contributed by atoms with Crippen LogP contribution in [0.2, 0.25) is 0 Å². The van der Waals surface area contributed by atoms with Gasteiger partial charge in [0.2, 0.25) is 5.91 Å². The smallest absolute Gasteiger partial charge is 0.262 e.